The molecule has 10 unspecified atom stereocenters. The minimum atomic E-state index is -1.60. The van der Waals surface area contributed by atoms with Gasteiger partial charge in [-0.1, -0.05) is 135 Å². The lowest BCUT2D eigenvalue weighted by Gasteiger charge is -2.43. The average Bonchev–Trinajstić information content (AvgIpc) is 3.25. The van der Waals surface area contributed by atoms with Crippen LogP contribution in [-0.4, -0.2) is 139 Å². The number of aliphatic hydroxyl groups excluding tert-OH is 8. The summed E-state index contributed by atoms with van der Waals surface area (Å²) in [6.07, 6.45) is 11.8. The van der Waals surface area contributed by atoms with Gasteiger partial charge in [0.15, 0.2) is 24.1 Å². The second-order valence-corrected chi connectivity index (χ2v) is 19.0. The zero-order valence-electron chi connectivity index (χ0n) is 39.9. The Morgan fingerprint density at radius 2 is 0.848 bits per heavy atom. The molecule has 0 aromatic heterocycles. The van der Waals surface area contributed by atoms with Gasteiger partial charge in [0.05, 0.1) is 13.2 Å². The van der Waals surface area contributed by atoms with E-state index in [1.807, 2.05) is 140 Å². The molecule has 2 heterocycles. The molecule has 14 nitrogen and oxygen atoms in total. The zero-order chi connectivity index (χ0) is 49.3. The summed E-state index contributed by atoms with van der Waals surface area (Å²) >= 11 is 0. The number of carbonyl (C=O) groups excluding carboxylic acids is 2. The van der Waals surface area contributed by atoms with E-state index in [0.29, 0.717) is 24.0 Å². The van der Waals surface area contributed by atoms with Crippen molar-refractivity contribution in [1.29, 1.82) is 0 Å². The Balaban J connectivity index is 1.29. The van der Waals surface area contributed by atoms with Crippen LogP contribution in [-0.2, 0) is 28.5 Å². The van der Waals surface area contributed by atoms with E-state index in [0.717, 1.165) is 33.4 Å². The van der Waals surface area contributed by atoms with Gasteiger partial charge in [0.2, 0.25) is 0 Å². The number of ether oxygens (including phenoxy) is 4. The molecule has 0 radical (unpaired) electrons. The third-order valence-corrected chi connectivity index (χ3v) is 12.6. The summed E-state index contributed by atoms with van der Waals surface area (Å²) in [7, 11) is 0. The fourth-order valence-corrected chi connectivity index (χ4v) is 8.47. The van der Waals surface area contributed by atoms with E-state index in [-0.39, 0.29) is 11.6 Å². The quantitative estimate of drug-likeness (QED) is 0.0994. The van der Waals surface area contributed by atoms with Gasteiger partial charge in [-0.3, -0.25) is 9.59 Å². The molecule has 12 atom stereocenters. The number of hydrogen-bond acceptors (Lipinski definition) is 14. The lowest BCUT2D eigenvalue weighted by Crippen LogP contribution is -2.60. The summed E-state index contributed by atoms with van der Waals surface area (Å²) in [6, 6.07) is 0. The van der Waals surface area contributed by atoms with E-state index in [4.69, 9.17) is 18.9 Å². The number of allylic oxidation sites excluding steroid dienone is 20. The lowest BCUT2D eigenvalue weighted by molar-refractivity contribution is -0.309. The Bertz CT molecular complexity index is 1940. The van der Waals surface area contributed by atoms with Crippen LogP contribution in [0.1, 0.15) is 82.1 Å². The maximum absolute atomic E-state index is 13.4. The largest absolute Gasteiger partial charge is 0.394 e. The molecule has 364 valence electrons. The lowest BCUT2D eigenvalue weighted by atomic mass is 9.71. The van der Waals surface area contributed by atoms with Crippen LogP contribution in [0.25, 0.3) is 0 Å². The highest BCUT2D eigenvalue weighted by molar-refractivity contribution is 6.01. The number of ketones is 2. The first kappa shape index (κ1) is 54.6. The van der Waals surface area contributed by atoms with Crippen molar-refractivity contribution in [2.75, 3.05) is 13.2 Å². The average molecular weight is 921 g/mol. The number of hydrogen-bond donors (Lipinski definition) is 8. The van der Waals surface area contributed by atoms with Crippen LogP contribution in [0.15, 0.2) is 130 Å². The SMILES string of the molecule is CC1=C(/C=C/C(C)=C/C=C/C(C)=C/C=C/C=C(C)/C=C/C=C(C)/C=C/C2=C(C)C(=O)[C@@H](OC3OC(CO)C(O)C(O)C3O)CC2(C)C)C(C)(C)C[C@H](OC2OC(CO)C(O)C(O)C2O)C1=O. The summed E-state index contributed by atoms with van der Waals surface area (Å²) in [6.45, 7) is 18.2. The van der Waals surface area contributed by atoms with Gasteiger partial charge in [-0.2, -0.15) is 0 Å². The molecule has 2 aliphatic heterocycles. The maximum Gasteiger partial charge on any atom is 0.187 e. The predicted octanol–water partition coefficient (Wildman–Crippen LogP) is 4.55. The summed E-state index contributed by atoms with van der Waals surface area (Å²) in [5, 5.41) is 80.4. The Labute approximate surface area is 389 Å². The maximum atomic E-state index is 13.4. The van der Waals surface area contributed by atoms with Crippen molar-refractivity contribution in [3.63, 3.8) is 0 Å². The second kappa shape index (κ2) is 23.8. The van der Waals surface area contributed by atoms with Crippen molar-refractivity contribution in [2.24, 2.45) is 10.8 Å². The topological polar surface area (TPSA) is 233 Å². The molecular weight excluding hydrogens is 849 g/mol. The van der Waals surface area contributed by atoms with Gasteiger partial charge < -0.3 is 59.8 Å². The molecule has 4 rings (SSSR count). The summed E-state index contributed by atoms with van der Waals surface area (Å²) in [5.41, 5.74) is 5.81. The third kappa shape index (κ3) is 13.8. The zero-order valence-corrected chi connectivity index (χ0v) is 39.9. The first-order valence-corrected chi connectivity index (χ1v) is 22.4. The number of rotatable bonds is 16. The van der Waals surface area contributed by atoms with Crippen molar-refractivity contribution in [3.8, 4) is 0 Å². The number of aliphatic hydroxyl groups is 8. The summed E-state index contributed by atoms with van der Waals surface area (Å²) in [5.74, 6) is -0.534. The molecule has 2 fully saturated rings. The van der Waals surface area contributed by atoms with E-state index in [1.54, 1.807) is 13.8 Å². The van der Waals surface area contributed by atoms with Crippen LogP contribution >= 0.6 is 0 Å². The summed E-state index contributed by atoms with van der Waals surface area (Å²) in [4.78, 5) is 26.8. The molecule has 2 saturated heterocycles. The fraction of sp³-hybridized carbons (Fsp3) is 0.538. The van der Waals surface area contributed by atoms with Crippen LogP contribution < -0.4 is 0 Å². The Hall–Kier alpha value is -4.00. The van der Waals surface area contributed by atoms with Crippen LogP contribution in [0.3, 0.4) is 0 Å². The van der Waals surface area contributed by atoms with Gasteiger partial charge in [-0.05, 0) is 87.5 Å². The molecule has 14 heteroatoms. The van der Waals surface area contributed by atoms with E-state index in [1.165, 1.54) is 0 Å². The predicted molar refractivity (Wildman–Crippen MR) is 250 cm³/mol. The van der Waals surface area contributed by atoms with Crippen molar-refractivity contribution in [2.45, 2.75) is 156 Å². The smallest absolute Gasteiger partial charge is 0.187 e. The Morgan fingerprint density at radius 1 is 0.530 bits per heavy atom. The highest BCUT2D eigenvalue weighted by Crippen LogP contribution is 2.43. The normalized spacial score (nSPS) is 34.5. The molecular formula is C52H72O14. The molecule has 2 aliphatic carbocycles. The molecule has 0 bridgehead atoms. The van der Waals surface area contributed by atoms with E-state index >= 15 is 0 Å². The molecule has 0 amide bonds. The molecule has 4 aliphatic rings. The third-order valence-electron chi connectivity index (χ3n) is 12.6. The highest BCUT2D eigenvalue weighted by atomic mass is 16.7. The van der Waals surface area contributed by atoms with Crippen LogP contribution in [0, 0.1) is 10.8 Å². The molecule has 0 spiro atoms. The standard InChI is InChI=1S/C52H72O14/c1-29(17-13-19-31(3)21-23-35-33(5)41(55)37(25-51(35,7)8)63-49-47(61)45(59)43(57)39(27-53)65-49)15-11-12-16-30(2)18-14-20-32(4)22-24-36-34(6)42(56)38(26-52(36,9)10)64-50-48(62)46(60)44(58)40(28-54)66-50/h11-24,37-40,43-50,53-54,57-62H,25-28H2,1-10H3/b12-11+,17-13+,18-14+,23-21+,24-22+,29-15+,30-16+,31-19+,32-20+/t37-,38-,39?,40?,43?,44?,45?,46?,47?,48?,49?,50?/m0/s1. The highest BCUT2D eigenvalue weighted by Gasteiger charge is 2.49. The van der Waals surface area contributed by atoms with Gasteiger partial charge in [0.1, 0.15) is 61.0 Å². The molecule has 8 N–H and O–H groups in total. The van der Waals surface area contributed by atoms with Gasteiger partial charge in [0.25, 0.3) is 0 Å². The molecule has 0 aromatic rings. The first-order chi connectivity index (χ1) is 30.9. The van der Waals surface area contributed by atoms with Gasteiger partial charge in [-0.15, -0.1) is 0 Å². The first-order valence-electron chi connectivity index (χ1n) is 22.4. The van der Waals surface area contributed by atoms with Gasteiger partial charge in [0, 0.05) is 0 Å². The van der Waals surface area contributed by atoms with Crippen molar-refractivity contribution in [1.82, 2.24) is 0 Å². The molecule has 66 heavy (non-hydrogen) atoms. The number of carbonyl (C=O) groups is 2. The van der Waals surface area contributed by atoms with Gasteiger partial charge in [-0.25, -0.2) is 0 Å². The van der Waals surface area contributed by atoms with Crippen LogP contribution in [0.4, 0.5) is 0 Å². The number of Topliss-reactive ketones (excluding diaryl/α,β-unsaturated/α-hetero) is 2. The van der Waals surface area contributed by atoms with Crippen molar-refractivity contribution < 1.29 is 69.4 Å². The van der Waals surface area contributed by atoms with Crippen LogP contribution in [0.5, 0.6) is 0 Å². The monoisotopic (exact) mass is 920 g/mol. The minimum Gasteiger partial charge on any atom is -0.394 e. The Morgan fingerprint density at radius 3 is 1.18 bits per heavy atom. The van der Waals surface area contributed by atoms with E-state index in [9.17, 15) is 50.4 Å². The van der Waals surface area contributed by atoms with Crippen LogP contribution in [0.2, 0.25) is 0 Å². The Kier molecular flexibility index (Phi) is 19.7. The van der Waals surface area contributed by atoms with E-state index < -0.39 is 97.7 Å². The second-order valence-electron chi connectivity index (χ2n) is 19.0. The van der Waals surface area contributed by atoms with Crippen molar-refractivity contribution in [3.05, 3.63) is 130 Å². The fourth-order valence-electron chi connectivity index (χ4n) is 8.47. The van der Waals surface area contributed by atoms with Crippen molar-refractivity contribution >= 4 is 11.6 Å². The van der Waals surface area contributed by atoms with E-state index in [2.05, 4.69) is 0 Å². The molecule has 0 saturated carbocycles. The summed E-state index contributed by atoms with van der Waals surface area (Å²) < 4.78 is 22.7. The molecule has 0 aromatic carbocycles. The van der Waals surface area contributed by atoms with Gasteiger partial charge >= 0.3 is 0 Å². The minimum absolute atomic E-state index is 0.267.